The number of nitrogens with one attached hydrogen (secondary N) is 1. The van der Waals surface area contributed by atoms with Gasteiger partial charge in [-0.3, -0.25) is 4.79 Å². The van der Waals surface area contributed by atoms with Crippen LogP contribution < -0.4 is 5.56 Å². The summed E-state index contributed by atoms with van der Waals surface area (Å²) in [7, 11) is 0. The first-order valence-electron chi connectivity index (χ1n) is 3.12. The number of nitrogens with zero attached hydrogens (tertiary/aromatic N) is 2. The van der Waals surface area contributed by atoms with Gasteiger partial charge in [-0.2, -0.15) is 5.26 Å². The molecule has 1 aromatic heterocycles. The molecule has 0 bridgehead atoms. The molecule has 4 heteroatoms. The Morgan fingerprint density at radius 2 is 2.78 bits per heavy atom. The maximum atomic E-state index is 10.7. The fraction of sp³-hybridized carbons (Fsp3) is 0. The number of hydrogen-bond donors (Lipinski definition) is 1. The summed E-state index contributed by atoms with van der Waals surface area (Å²) < 4.78 is 13.9. The van der Waals surface area contributed by atoms with E-state index in [2.05, 4.69) is 4.98 Å². The van der Waals surface area contributed by atoms with Crippen molar-refractivity contribution in [3.05, 3.63) is 28.4 Å². The van der Waals surface area contributed by atoms with Gasteiger partial charge >= 0.3 is 0 Å². The van der Waals surface area contributed by atoms with E-state index in [1.54, 1.807) is 0 Å². The first-order chi connectivity index (χ1) is 5.15. The minimum absolute atomic E-state index is 0.381. The van der Waals surface area contributed by atoms with Crippen molar-refractivity contribution in [2.24, 2.45) is 0 Å². The van der Waals surface area contributed by atoms with Crippen LogP contribution in [0.2, 0.25) is 0 Å². The first kappa shape index (κ1) is 3.41. The zero-order valence-electron chi connectivity index (χ0n) is 6.30. The van der Waals surface area contributed by atoms with Gasteiger partial charge in [0.25, 0.3) is 5.56 Å². The van der Waals surface area contributed by atoms with E-state index >= 15 is 0 Å². The van der Waals surface area contributed by atoms with Crippen LogP contribution in [0.15, 0.2) is 17.1 Å². The van der Waals surface area contributed by atoms with Gasteiger partial charge in [-0.05, 0) is 0 Å². The number of aromatic nitrogens is 2. The first-order valence-corrected chi connectivity index (χ1v) is 2.12. The van der Waals surface area contributed by atoms with Crippen LogP contribution in [-0.2, 0) is 0 Å². The molecule has 0 aromatic carbocycles. The van der Waals surface area contributed by atoms with Gasteiger partial charge in [-0.25, -0.2) is 4.98 Å². The van der Waals surface area contributed by atoms with Crippen molar-refractivity contribution in [1.29, 1.82) is 5.26 Å². The molecule has 0 aliphatic carbocycles. The topological polar surface area (TPSA) is 69.5 Å². The van der Waals surface area contributed by atoms with Gasteiger partial charge in [0.2, 0.25) is 5.69 Å². The molecule has 1 aromatic rings. The van der Waals surface area contributed by atoms with Crippen LogP contribution >= 0.6 is 0 Å². The molecule has 0 saturated heterocycles. The molecule has 9 heavy (non-hydrogen) atoms. The minimum atomic E-state index is -0.728. The smallest absolute Gasteiger partial charge is 0.284 e. The molecular weight excluding hydrogens is 118 g/mol. The Labute approximate surface area is 53.6 Å². The maximum absolute atomic E-state index is 10.7. The van der Waals surface area contributed by atoms with Gasteiger partial charge in [0, 0.05) is 12.3 Å². The lowest BCUT2D eigenvalue weighted by Crippen LogP contribution is -2.09. The van der Waals surface area contributed by atoms with E-state index in [0.29, 0.717) is 0 Å². The van der Waals surface area contributed by atoms with Crippen molar-refractivity contribution in [2.45, 2.75) is 0 Å². The van der Waals surface area contributed by atoms with E-state index in [1.807, 2.05) is 4.98 Å². The van der Waals surface area contributed by atoms with E-state index in [-0.39, 0.29) is 11.9 Å². The van der Waals surface area contributed by atoms with Gasteiger partial charge in [-0.1, -0.05) is 0 Å². The maximum Gasteiger partial charge on any atom is 0.284 e. The SMILES string of the molecule is [2H]c1nc(C#N)c(=O)[nH]c1[2H]. The Morgan fingerprint density at radius 3 is 3.44 bits per heavy atom. The molecule has 0 aliphatic rings. The second kappa shape index (κ2) is 2.09. The number of nitriles is 1. The number of rotatable bonds is 0. The second-order valence-corrected chi connectivity index (χ2v) is 1.26. The van der Waals surface area contributed by atoms with Crippen molar-refractivity contribution in [2.75, 3.05) is 0 Å². The van der Waals surface area contributed by atoms with Gasteiger partial charge in [0.05, 0.1) is 2.74 Å². The van der Waals surface area contributed by atoms with Crippen molar-refractivity contribution >= 4 is 0 Å². The highest BCUT2D eigenvalue weighted by Gasteiger charge is 1.92. The van der Waals surface area contributed by atoms with Crippen LogP contribution in [-0.4, -0.2) is 9.97 Å². The highest BCUT2D eigenvalue weighted by Crippen LogP contribution is 1.74. The van der Waals surface area contributed by atoms with E-state index in [0.717, 1.165) is 0 Å². The number of aromatic amines is 1. The summed E-state index contributed by atoms with van der Waals surface area (Å²) in [5.41, 5.74) is -1.11. The molecule has 44 valence electrons. The summed E-state index contributed by atoms with van der Waals surface area (Å²) in [5.74, 6) is 0. The van der Waals surface area contributed by atoms with Gasteiger partial charge < -0.3 is 4.98 Å². The normalized spacial score (nSPS) is 11.4. The van der Waals surface area contributed by atoms with E-state index in [4.69, 9.17) is 8.00 Å². The molecule has 4 nitrogen and oxygen atoms in total. The minimum Gasteiger partial charge on any atom is -0.325 e. The third-order valence-electron chi connectivity index (χ3n) is 0.721. The Balaban J connectivity index is 3.48. The summed E-state index contributed by atoms with van der Waals surface area (Å²) in [6.45, 7) is 0. The molecule has 1 rings (SSSR count). The lowest BCUT2D eigenvalue weighted by Gasteiger charge is -1.80. The standard InChI is InChI=1S/C5H3N3O/c6-3-4-5(9)8-2-1-7-4/h1-2H,(H,8,9)/i1D,2D. The number of hydrogen-bond acceptors (Lipinski definition) is 3. The van der Waals surface area contributed by atoms with Gasteiger partial charge in [-0.15, -0.1) is 0 Å². The molecule has 0 spiro atoms. The second-order valence-electron chi connectivity index (χ2n) is 1.26. The van der Waals surface area contributed by atoms with E-state index in [9.17, 15) is 4.79 Å². The van der Waals surface area contributed by atoms with Crippen molar-refractivity contribution < 1.29 is 2.74 Å². The fourth-order valence-corrected chi connectivity index (χ4v) is 0.354. The molecular formula is C5H3N3O. The molecule has 1 N–H and O–H groups in total. The average molecular weight is 123 g/mol. The Hall–Kier alpha value is -1.63. The summed E-state index contributed by atoms with van der Waals surface area (Å²) in [4.78, 5) is 15.9. The van der Waals surface area contributed by atoms with Crippen LogP contribution in [0.5, 0.6) is 0 Å². The average Bonchev–Trinajstić information content (AvgIpc) is 1.97. The highest BCUT2D eigenvalue weighted by molar-refractivity contribution is 5.14. The Morgan fingerprint density at radius 1 is 2.00 bits per heavy atom. The lowest BCUT2D eigenvalue weighted by molar-refractivity contribution is 1.10. The molecule has 0 unspecified atom stereocenters. The predicted octanol–water partition coefficient (Wildman–Crippen LogP) is -0.358. The third kappa shape index (κ3) is 0.941. The van der Waals surface area contributed by atoms with Gasteiger partial charge in [0.1, 0.15) is 6.07 Å². The van der Waals surface area contributed by atoms with Crippen LogP contribution in [0.4, 0.5) is 0 Å². The Bertz CT molecular complexity index is 378. The molecule has 0 radical (unpaired) electrons. The summed E-state index contributed by atoms with van der Waals surface area (Å²) >= 11 is 0. The lowest BCUT2D eigenvalue weighted by atomic mass is 10.5. The van der Waals surface area contributed by atoms with Crippen LogP contribution in [0.1, 0.15) is 8.44 Å². The molecule has 0 amide bonds. The van der Waals surface area contributed by atoms with Gasteiger partial charge in [0.15, 0.2) is 0 Å². The van der Waals surface area contributed by atoms with Crippen molar-refractivity contribution in [3.8, 4) is 6.07 Å². The fourth-order valence-electron chi connectivity index (χ4n) is 0.354. The predicted molar refractivity (Wildman–Crippen MR) is 29.6 cm³/mol. The molecule has 1 heterocycles. The zero-order chi connectivity index (χ0) is 8.43. The molecule has 0 aliphatic heterocycles. The monoisotopic (exact) mass is 123 g/mol. The Kier molecular flexibility index (Phi) is 0.792. The van der Waals surface area contributed by atoms with E-state index < -0.39 is 11.7 Å². The third-order valence-corrected chi connectivity index (χ3v) is 0.721. The molecule has 0 saturated carbocycles. The van der Waals surface area contributed by atoms with Crippen LogP contribution in [0.25, 0.3) is 0 Å². The quantitative estimate of drug-likeness (QED) is 0.512. The van der Waals surface area contributed by atoms with Crippen molar-refractivity contribution in [3.63, 3.8) is 0 Å². The summed E-state index contributed by atoms with van der Waals surface area (Å²) in [6, 6.07) is 1.51. The number of H-pyrrole nitrogens is 1. The zero-order valence-corrected chi connectivity index (χ0v) is 4.30. The van der Waals surface area contributed by atoms with Crippen LogP contribution in [0.3, 0.4) is 0 Å². The molecule has 0 fully saturated rings. The summed E-state index contributed by atoms with van der Waals surface area (Å²) in [6.07, 6.45) is -0.782. The van der Waals surface area contributed by atoms with Crippen LogP contribution in [0, 0.1) is 11.3 Å². The largest absolute Gasteiger partial charge is 0.325 e. The highest BCUT2D eigenvalue weighted by atomic mass is 16.1. The van der Waals surface area contributed by atoms with Crippen molar-refractivity contribution in [1.82, 2.24) is 9.97 Å². The molecule has 0 atom stereocenters. The van der Waals surface area contributed by atoms with E-state index in [1.165, 1.54) is 6.07 Å². The summed E-state index contributed by atoms with van der Waals surface area (Å²) in [5, 5.41) is 8.26.